The first-order valence-corrected chi connectivity index (χ1v) is 7.22. The summed E-state index contributed by atoms with van der Waals surface area (Å²) in [5.74, 6) is -0.382. The van der Waals surface area contributed by atoms with Gasteiger partial charge in [0.2, 0.25) is 0 Å². The van der Waals surface area contributed by atoms with E-state index in [9.17, 15) is 4.79 Å². The van der Waals surface area contributed by atoms with Crippen LogP contribution in [0.1, 0.15) is 40.2 Å². The molecule has 0 aromatic heterocycles. The zero-order valence-corrected chi connectivity index (χ0v) is 14.1. The predicted octanol–water partition coefficient (Wildman–Crippen LogP) is 0.103. The monoisotopic (exact) mass is 294 g/mol. The third-order valence-electron chi connectivity index (χ3n) is 4.80. The number of benzene rings is 1. The van der Waals surface area contributed by atoms with Crippen molar-refractivity contribution in [3.63, 3.8) is 0 Å². The van der Waals surface area contributed by atoms with Crippen molar-refractivity contribution in [1.82, 2.24) is 0 Å². The number of hydrogen-bond donors (Lipinski definition) is 0. The zero-order valence-electron chi connectivity index (χ0n) is 14.1. The smallest absolute Gasteiger partial charge is 0.636 e. The van der Waals surface area contributed by atoms with Gasteiger partial charge in [0.1, 0.15) is 0 Å². The van der Waals surface area contributed by atoms with E-state index in [1.807, 2.05) is 65.0 Å². The van der Waals surface area contributed by atoms with Crippen LogP contribution in [0.15, 0.2) is 35.8 Å². The van der Waals surface area contributed by atoms with Gasteiger partial charge >= 0.3 is 25.6 Å². The number of rotatable bonds is 1. The molecule has 0 aliphatic carbocycles. The Morgan fingerprint density at radius 1 is 0.955 bits per heavy atom. The predicted molar refractivity (Wildman–Crippen MR) is 81.2 cm³/mol. The minimum Gasteiger partial charge on any atom is -0.636 e. The van der Waals surface area contributed by atoms with Crippen LogP contribution < -0.4 is 18.9 Å². The molecule has 6 heteroatoms. The molecule has 2 aliphatic heterocycles. The van der Waals surface area contributed by atoms with Crippen LogP contribution in [0.3, 0.4) is 0 Å². The Morgan fingerprint density at radius 2 is 1.45 bits per heavy atom. The Balaban J connectivity index is 0.00000176. The van der Waals surface area contributed by atoms with Gasteiger partial charge in [0.05, 0.1) is 0 Å². The molecule has 1 aromatic rings. The standard InChI is InChI=1S/C16H20BO4.Li/c1-11-13(12-9-7-6-8-10-12)14(18)19-17(11)20-15(2,3)16(4,5)21-17;/h6-10H,1-5H3;/q-1;+1. The van der Waals surface area contributed by atoms with E-state index in [4.69, 9.17) is 14.0 Å². The van der Waals surface area contributed by atoms with Crippen molar-refractivity contribution in [1.29, 1.82) is 0 Å². The summed E-state index contributed by atoms with van der Waals surface area (Å²) in [7, 11) is 0. The van der Waals surface area contributed by atoms with Crippen LogP contribution in [0.4, 0.5) is 0 Å². The molecule has 112 valence electrons. The normalized spacial score (nSPS) is 24.3. The number of carbonyl (C=O) groups excluding carboxylic acids is 1. The fourth-order valence-corrected chi connectivity index (χ4v) is 2.88. The molecular formula is C16H20BLiO4. The van der Waals surface area contributed by atoms with E-state index in [0.717, 1.165) is 11.0 Å². The van der Waals surface area contributed by atoms with Gasteiger partial charge in [-0.05, 0) is 33.3 Å². The molecule has 1 fully saturated rings. The fraction of sp³-hybridized carbons (Fsp3) is 0.438. The van der Waals surface area contributed by atoms with Gasteiger partial charge in [-0.25, -0.2) is 0 Å². The number of carbonyl (C=O) groups is 1. The molecular weight excluding hydrogens is 274 g/mol. The molecule has 0 radical (unpaired) electrons. The molecule has 22 heavy (non-hydrogen) atoms. The second-order valence-electron chi connectivity index (χ2n) is 6.73. The van der Waals surface area contributed by atoms with Crippen LogP contribution in [-0.4, -0.2) is 23.9 Å². The van der Waals surface area contributed by atoms with Gasteiger partial charge in [0.15, 0.2) is 0 Å². The first-order chi connectivity index (χ1) is 9.69. The summed E-state index contributed by atoms with van der Waals surface area (Å²) in [6.45, 7) is 7.47. The van der Waals surface area contributed by atoms with Crippen molar-refractivity contribution in [3.05, 3.63) is 41.4 Å². The van der Waals surface area contributed by atoms with Crippen LogP contribution in [0.5, 0.6) is 0 Å². The van der Waals surface area contributed by atoms with Gasteiger partial charge < -0.3 is 14.0 Å². The zero-order chi connectivity index (χ0) is 15.5. The average molecular weight is 294 g/mol. The van der Waals surface area contributed by atoms with E-state index in [1.165, 1.54) is 0 Å². The summed E-state index contributed by atoms with van der Waals surface area (Å²) in [5.41, 5.74) is 1.02. The van der Waals surface area contributed by atoms with Gasteiger partial charge in [-0.3, -0.25) is 4.79 Å². The second kappa shape index (κ2) is 5.28. The molecule has 4 nitrogen and oxygen atoms in total. The van der Waals surface area contributed by atoms with Gasteiger partial charge in [0, 0.05) is 16.8 Å². The van der Waals surface area contributed by atoms with Crippen molar-refractivity contribution in [2.75, 3.05) is 0 Å². The van der Waals surface area contributed by atoms with Crippen molar-refractivity contribution >= 4 is 18.3 Å². The van der Waals surface area contributed by atoms with Crippen molar-refractivity contribution < 1.29 is 37.6 Å². The SMILES string of the molecule is CC1=C(c2ccccc2)C(=O)O[B-]12OC(C)(C)C(C)(C)O2.[Li+]. The van der Waals surface area contributed by atoms with Crippen LogP contribution in [0.25, 0.3) is 5.57 Å². The second-order valence-corrected chi connectivity index (χ2v) is 6.73. The molecule has 1 spiro atoms. The quantitative estimate of drug-likeness (QED) is 0.689. The Kier molecular flexibility index (Phi) is 4.17. The molecule has 2 aliphatic rings. The van der Waals surface area contributed by atoms with Gasteiger partial charge in [-0.1, -0.05) is 37.3 Å². The van der Waals surface area contributed by atoms with E-state index < -0.39 is 18.0 Å². The largest absolute Gasteiger partial charge is 1.00 e. The number of allylic oxidation sites excluding steroid dienone is 1. The maximum Gasteiger partial charge on any atom is 1.00 e. The Labute approximate surface area is 143 Å². The molecule has 0 amide bonds. The first-order valence-electron chi connectivity index (χ1n) is 7.22. The van der Waals surface area contributed by atoms with Crippen molar-refractivity contribution in [3.8, 4) is 0 Å². The molecule has 1 saturated heterocycles. The van der Waals surface area contributed by atoms with Crippen LogP contribution in [-0.2, 0) is 18.8 Å². The van der Waals surface area contributed by atoms with Crippen LogP contribution >= 0.6 is 0 Å². The Bertz CT molecular complexity index is 621. The fourth-order valence-electron chi connectivity index (χ4n) is 2.88. The number of hydrogen-bond acceptors (Lipinski definition) is 4. The summed E-state index contributed by atoms with van der Waals surface area (Å²) in [6, 6.07) is 9.48. The maximum atomic E-state index is 12.3. The van der Waals surface area contributed by atoms with E-state index in [2.05, 4.69) is 0 Å². The van der Waals surface area contributed by atoms with Gasteiger partial charge in [-0.2, -0.15) is 0 Å². The summed E-state index contributed by atoms with van der Waals surface area (Å²) in [6.07, 6.45) is 0. The summed E-state index contributed by atoms with van der Waals surface area (Å²) in [4.78, 5) is 12.3. The molecule has 0 N–H and O–H groups in total. The molecule has 0 bridgehead atoms. The molecule has 0 unspecified atom stereocenters. The van der Waals surface area contributed by atoms with E-state index in [-0.39, 0.29) is 24.8 Å². The minimum absolute atomic E-state index is 0. The van der Waals surface area contributed by atoms with E-state index in [1.54, 1.807) is 0 Å². The molecule has 2 heterocycles. The average Bonchev–Trinajstić information content (AvgIpc) is 2.70. The third-order valence-corrected chi connectivity index (χ3v) is 4.80. The van der Waals surface area contributed by atoms with Crippen molar-refractivity contribution in [2.24, 2.45) is 0 Å². The van der Waals surface area contributed by atoms with Crippen LogP contribution in [0.2, 0.25) is 0 Å². The minimum atomic E-state index is -2.18. The molecule has 3 rings (SSSR count). The van der Waals surface area contributed by atoms with Gasteiger partial charge in [0.25, 0.3) is 5.97 Å². The summed E-state index contributed by atoms with van der Waals surface area (Å²) in [5, 5.41) is 0. The topological polar surface area (TPSA) is 44.8 Å². The van der Waals surface area contributed by atoms with E-state index >= 15 is 0 Å². The molecule has 0 saturated carbocycles. The Morgan fingerprint density at radius 3 is 1.95 bits per heavy atom. The first kappa shape index (κ1) is 17.4. The Hall–Kier alpha value is -0.988. The third kappa shape index (κ3) is 2.37. The molecule has 1 aromatic carbocycles. The molecule has 0 atom stereocenters. The maximum absolute atomic E-state index is 12.3. The van der Waals surface area contributed by atoms with Crippen molar-refractivity contribution in [2.45, 2.75) is 45.8 Å². The van der Waals surface area contributed by atoms with E-state index in [0.29, 0.717) is 5.57 Å². The summed E-state index contributed by atoms with van der Waals surface area (Å²) < 4.78 is 17.7. The summed E-state index contributed by atoms with van der Waals surface area (Å²) >= 11 is 0. The van der Waals surface area contributed by atoms with Crippen LogP contribution in [0, 0.1) is 0 Å². The van der Waals surface area contributed by atoms with Gasteiger partial charge in [-0.15, -0.1) is 5.47 Å².